The number of hydrogen-bond donors (Lipinski definition) is 1. The van der Waals surface area contributed by atoms with Crippen molar-refractivity contribution in [3.8, 4) is 11.5 Å². The first-order valence-corrected chi connectivity index (χ1v) is 5.94. The Labute approximate surface area is 104 Å². The van der Waals surface area contributed by atoms with Crippen molar-refractivity contribution >= 4 is 0 Å². The largest absolute Gasteiger partial charge is 0.496 e. The summed E-state index contributed by atoms with van der Waals surface area (Å²) in [7, 11) is 3.38. The first-order valence-electron chi connectivity index (χ1n) is 5.94. The molecule has 0 unspecified atom stereocenters. The van der Waals surface area contributed by atoms with Crippen LogP contribution in [0.15, 0.2) is 12.1 Å². The van der Waals surface area contributed by atoms with Crippen LogP contribution in [0.1, 0.15) is 31.9 Å². The summed E-state index contributed by atoms with van der Waals surface area (Å²) in [5, 5.41) is 0. The minimum Gasteiger partial charge on any atom is -0.496 e. The molecule has 0 aromatic heterocycles. The van der Waals surface area contributed by atoms with Gasteiger partial charge >= 0.3 is 0 Å². The van der Waals surface area contributed by atoms with Crippen LogP contribution in [-0.4, -0.2) is 19.8 Å². The maximum Gasteiger partial charge on any atom is 0.128 e. The molecule has 1 rings (SSSR count). The van der Waals surface area contributed by atoms with E-state index in [4.69, 9.17) is 15.2 Å². The Kier molecular flexibility index (Phi) is 4.40. The van der Waals surface area contributed by atoms with Gasteiger partial charge in [0.2, 0.25) is 0 Å². The Hall–Kier alpha value is -1.22. The Morgan fingerprint density at radius 2 is 1.82 bits per heavy atom. The lowest BCUT2D eigenvalue weighted by Gasteiger charge is -2.22. The molecule has 1 aromatic rings. The summed E-state index contributed by atoms with van der Waals surface area (Å²) in [6.45, 7) is 6.13. The lowest BCUT2D eigenvalue weighted by Crippen LogP contribution is -2.34. The van der Waals surface area contributed by atoms with Crippen molar-refractivity contribution < 1.29 is 9.47 Å². The molecule has 3 heteroatoms. The highest BCUT2D eigenvalue weighted by molar-refractivity contribution is 5.50. The molecular weight excluding hydrogens is 214 g/mol. The maximum absolute atomic E-state index is 6.07. The van der Waals surface area contributed by atoms with Gasteiger partial charge in [-0.3, -0.25) is 0 Å². The highest BCUT2D eigenvalue weighted by Crippen LogP contribution is 2.34. The fourth-order valence-corrected chi connectivity index (χ4v) is 2.07. The van der Waals surface area contributed by atoms with Crippen LogP contribution in [0.25, 0.3) is 0 Å². The zero-order valence-electron chi connectivity index (χ0n) is 11.5. The van der Waals surface area contributed by atoms with E-state index in [1.54, 1.807) is 14.2 Å². The molecule has 0 aliphatic carbocycles. The van der Waals surface area contributed by atoms with Crippen LogP contribution in [0.4, 0.5) is 0 Å². The number of benzene rings is 1. The normalized spacial score (nSPS) is 11.4. The first kappa shape index (κ1) is 13.8. The first-order chi connectivity index (χ1) is 7.92. The van der Waals surface area contributed by atoms with Gasteiger partial charge in [0.05, 0.1) is 14.2 Å². The van der Waals surface area contributed by atoms with Crippen LogP contribution in [0.3, 0.4) is 0 Å². The summed E-state index contributed by atoms with van der Waals surface area (Å²) in [6.07, 6.45) is 1.67. The molecule has 0 saturated carbocycles. The Morgan fingerprint density at radius 1 is 1.18 bits per heavy atom. The molecule has 0 amide bonds. The van der Waals surface area contributed by atoms with Gasteiger partial charge in [0.1, 0.15) is 11.5 Å². The van der Waals surface area contributed by atoms with E-state index >= 15 is 0 Å². The summed E-state index contributed by atoms with van der Waals surface area (Å²) < 4.78 is 10.9. The Morgan fingerprint density at radius 3 is 2.24 bits per heavy atom. The maximum atomic E-state index is 6.07. The minimum absolute atomic E-state index is 0.243. The van der Waals surface area contributed by atoms with E-state index in [9.17, 15) is 0 Å². The van der Waals surface area contributed by atoms with Gasteiger partial charge in [0, 0.05) is 11.1 Å². The quantitative estimate of drug-likeness (QED) is 0.856. The van der Waals surface area contributed by atoms with Gasteiger partial charge in [-0.05, 0) is 38.3 Å². The molecule has 0 saturated heterocycles. The van der Waals surface area contributed by atoms with E-state index in [0.29, 0.717) is 0 Å². The van der Waals surface area contributed by atoms with Crippen LogP contribution in [0, 0.1) is 0 Å². The molecule has 0 aliphatic rings. The monoisotopic (exact) mass is 237 g/mol. The fraction of sp³-hybridized carbons (Fsp3) is 0.571. The van der Waals surface area contributed by atoms with E-state index in [1.807, 2.05) is 26.0 Å². The molecule has 1 aromatic carbocycles. The third-order valence-electron chi connectivity index (χ3n) is 2.72. The molecule has 96 valence electrons. The summed E-state index contributed by atoms with van der Waals surface area (Å²) in [4.78, 5) is 0. The molecule has 17 heavy (non-hydrogen) atoms. The number of rotatable bonds is 5. The van der Waals surface area contributed by atoms with Gasteiger partial charge < -0.3 is 15.2 Å². The van der Waals surface area contributed by atoms with E-state index in [0.717, 1.165) is 35.5 Å². The van der Waals surface area contributed by atoms with Crippen molar-refractivity contribution in [1.29, 1.82) is 0 Å². The second kappa shape index (κ2) is 5.41. The minimum atomic E-state index is -0.243. The number of methoxy groups -OCH3 is 2. The van der Waals surface area contributed by atoms with E-state index in [1.165, 1.54) is 0 Å². The molecule has 0 heterocycles. The summed E-state index contributed by atoms with van der Waals surface area (Å²) in [6, 6.07) is 4.02. The predicted molar refractivity (Wildman–Crippen MR) is 70.9 cm³/mol. The zero-order chi connectivity index (χ0) is 13.1. The van der Waals surface area contributed by atoms with Gasteiger partial charge in [-0.25, -0.2) is 0 Å². The van der Waals surface area contributed by atoms with Gasteiger partial charge in [0.25, 0.3) is 0 Å². The highest BCUT2D eigenvalue weighted by atomic mass is 16.5. The standard InChI is InChI=1S/C14H23NO2/c1-6-11-12(16-4)8-7-10(13(11)17-5)9-14(2,3)15/h7-8H,6,9,15H2,1-5H3. The van der Waals surface area contributed by atoms with Crippen LogP contribution in [-0.2, 0) is 12.8 Å². The smallest absolute Gasteiger partial charge is 0.128 e. The van der Waals surface area contributed by atoms with Gasteiger partial charge in [0.15, 0.2) is 0 Å². The lowest BCUT2D eigenvalue weighted by atomic mass is 9.93. The average molecular weight is 237 g/mol. The van der Waals surface area contributed by atoms with Gasteiger partial charge in [-0.2, -0.15) is 0 Å². The van der Waals surface area contributed by atoms with Crippen molar-refractivity contribution in [2.75, 3.05) is 14.2 Å². The molecule has 3 nitrogen and oxygen atoms in total. The molecular formula is C14H23NO2. The van der Waals surface area contributed by atoms with Crippen molar-refractivity contribution in [3.63, 3.8) is 0 Å². The van der Waals surface area contributed by atoms with Gasteiger partial charge in [-0.1, -0.05) is 13.0 Å². The SMILES string of the molecule is CCc1c(OC)ccc(CC(C)(C)N)c1OC. The topological polar surface area (TPSA) is 44.5 Å². The van der Waals surface area contributed by atoms with Crippen LogP contribution < -0.4 is 15.2 Å². The second-order valence-corrected chi connectivity index (χ2v) is 4.96. The Balaban J connectivity index is 3.23. The third kappa shape index (κ3) is 3.37. The molecule has 0 aliphatic heterocycles. The van der Waals surface area contributed by atoms with Gasteiger partial charge in [-0.15, -0.1) is 0 Å². The number of hydrogen-bond acceptors (Lipinski definition) is 3. The Bertz CT molecular complexity index is 381. The average Bonchev–Trinajstić information content (AvgIpc) is 2.26. The summed E-state index contributed by atoms with van der Waals surface area (Å²) in [5.41, 5.74) is 8.07. The predicted octanol–water partition coefficient (Wildman–Crippen LogP) is 2.55. The molecule has 0 fully saturated rings. The third-order valence-corrected chi connectivity index (χ3v) is 2.72. The van der Waals surface area contributed by atoms with Crippen LogP contribution in [0.2, 0.25) is 0 Å². The molecule has 0 atom stereocenters. The molecule has 0 spiro atoms. The number of nitrogens with two attached hydrogens (primary N) is 1. The van der Waals surface area contributed by atoms with E-state index in [-0.39, 0.29) is 5.54 Å². The fourth-order valence-electron chi connectivity index (χ4n) is 2.07. The summed E-state index contributed by atoms with van der Waals surface area (Å²) in [5.74, 6) is 1.79. The van der Waals surface area contributed by atoms with Crippen LogP contribution in [0.5, 0.6) is 11.5 Å². The lowest BCUT2D eigenvalue weighted by molar-refractivity contribution is 0.378. The number of ether oxygens (including phenoxy) is 2. The molecule has 0 bridgehead atoms. The van der Waals surface area contributed by atoms with Crippen molar-refractivity contribution in [3.05, 3.63) is 23.3 Å². The molecule has 0 radical (unpaired) electrons. The molecule has 2 N–H and O–H groups in total. The van der Waals surface area contributed by atoms with Crippen LogP contribution >= 0.6 is 0 Å². The van der Waals surface area contributed by atoms with E-state index < -0.39 is 0 Å². The highest BCUT2D eigenvalue weighted by Gasteiger charge is 2.18. The van der Waals surface area contributed by atoms with Crippen molar-refractivity contribution in [2.45, 2.75) is 39.2 Å². The van der Waals surface area contributed by atoms with Crippen molar-refractivity contribution in [2.24, 2.45) is 5.73 Å². The second-order valence-electron chi connectivity index (χ2n) is 4.96. The summed E-state index contributed by atoms with van der Waals surface area (Å²) >= 11 is 0. The van der Waals surface area contributed by atoms with Crippen molar-refractivity contribution in [1.82, 2.24) is 0 Å². The zero-order valence-corrected chi connectivity index (χ0v) is 11.5. The van der Waals surface area contributed by atoms with E-state index in [2.05, 4.69) is 6.92 Å².